The maximum Gasteiger partial charge on any atom is 0.164 e. The van der Waals surface area contributed by atoms with Gasteiger partial charge in [0.2, 0.25) is 0 Å². The standard InChI is InChI=1S/C35H24N4.C34H22N4.C30H20N2/c1-3-19-36-31(7-1)39(32-8-2-4-20-37-32)27-14-9-23(10-15-27)28-16-11-24-12-18-30-34-25(13-17-29(28)33(24)34)22-26-6-5-21-38-35(26)30;1-3-8-22(9-4-1)32-36-33(23-10-5-2-6-11-23)38-34(37-32)27-17-13-21-14-18-28-30-24(15-16-26(27)29(21)30)20-25-12-7-19-35-31(25)28;1-4-20(24-7-2-14-31-18-24)16-21(5-1)25-11-8-19-9-13-27-29-22(10-12-26(25)28(19)29)17-23-6-3-15-32-30(23)27/h1-22,33,35H;1-20,29,31H;1-18,28,30H. The molecule has 4 aromatic heterocycles. The van der Waals surface area contributed by atoms with E-state index in [-0.39, 0.29) is 35.9 Å². The van der Waals surface area contributed by atoms with Crippen LogP contribution in [0.3, 0.4) is 0 Å². The lowest BCUT2D eigenvalue weighted by Crippen LogP contribution is -2.29. The van der Waals surface area contributed by atoms with E-state index in [0.29, 0.717) is 17.5 Å². The van der Waals surface area contributed by atoms with Gasteiger partial charge < -0.3 is 0 Å². The summed E-state index contributed by atoms with van der Waals surface area (Å²) in [5.41, 5.74) is 35.1. The first-order chi connectivity index (χ1) is 54.0. The number of fused-ring (bicyclic) bond motifs is 6. The molecule has 8 aromatic rings. The molecule has 0 saturated carbocycles. The zero-order chi connectivity index (χ0) is 71.9. The Balaban J connectivity index is 0.000000105. The predicted molar refractivity (Wildman–Crippen MR) is 441 cm³/mol. The number of dihydropyridines is 3. The van der Waals surface area contributed by atoms with Gasteiger partial charge in [0, 0.05) is 89.1 Å². The molecule has 6 unspecified atom stereocenters. The molecule has 0 saturated heterocycles. The van der Waals surface area contributed by atoms with Gasteiger partial charge in [-0.2, -0.15) is 0 Å². The Hall–Kier alpha value is -14.1. The summed E-state index contributed by atoms with van der Waals surface area (Å²) in [5.74, 6) is 4.37. The molecule has 109 heavy (non-hydrogen) atoms. The predicted octanol–water partition coefficient (Wildman–Crippen LogP) is 20.8. The number of aliphatic imine (C=N–C) groups is 3. The summed E-state index contributed by atoms with van der Waals surface area (Å²) in [6.07, 6.45) is 73.6. The van der Waals surface area contributed by atoms with Gasteiger partial charge in [-0.15, -0.1) is 0 Å². The highest BCUT2D eigenvalue weighted by Crippen LogP contribution is 2.55. The quantitative estimate of drug-likeness (QED) is 0.141. The van der Waals surface area contributed by atoms with E-state index >= 15 is 0 Å². The molecule has 0 bridgehead atoms. The number of allylic oxidation sites excluding steroid dienone is 36. The van der Waals surface area contributed by atoms with Crippen molar-refractivity contribution in [3.05, 3.63) is 464 Å². The zero-order valence-electron chi connectivity index (χ0n) is 59.1. The van der Waals surface area contributed by atoms with E-state index in [4.69, 9.17) is 29.9 Å². The average Bonchev–Trinajstić information content (AvgIpc) is 0.733. The number of benzene rings is 4. The van der Waals surface area contributed by atoms with Crippen LogP contribution >= 0.6 is 0 Å². The highest BCUT2D eigenvalue weighted by molar-refractivity contribution is 5.92. The van der Waals surface area contributed by atoms with Gasteiger partial charge in [0.1, 0.15) is 29.8 Å². The summed E-state index contributed by atoms with van der Waals surface area (Å²) in [6.45, 7) is 0. The molecule has 0 spiro atoms. The van der Waals surface area contributed by atoms with E-state index < -0.39 is 0 Å². The number of nitrogens with zero attached hydrogens (tertiary/aromatic N) is 10. The van der Waals surface area contributed by atoms with Crippen molar-refractivity contribution >= 4 is 52.7 Å². The zero-order valence-corrected chi connectivity index (χ0v) is 59.1. The minimum Gasteiger partial charge on any atom is -0.280 e. The number of pyridine rings is 3. The van der Waals surface area contributed by atoms with Crippen molar-refractivity contribution in [3.8, 4) is 33.9 Å². The fraction of sp³-hybridized carbons (Fsp3) is 0.0606. The lowest BCUT2D eigenvalue weighted by atomic mass is 9.65. The van der Waals surface area contributed by atoms with Crippen LogP contribution in [0.5, 0.6) is 0 Å². The third kappa shape index (κ3) is 11.1. The lowest BCUT2D eigenvalue weighted by Gasteiger charge is -2.39. The van der Waals surface area contributed by atoms with Gasteiger partial charge in [-0.25, -0.2) is 24.9 Å². The molecule has 4 aromatic carbocycles. The summed E-state index contributed by atoms with van der Waals surface area (Å²) in [6, 6.07) is 54.1. The third-order valence-electron chi connectivity index (χ3n) is 22.5. The van der Waals surface area contributed by atoms with Gasteiger partial charge in [-0.05, 0) is 213 Å². The SMILES string of the molecule is C1=CC2=CC3=C4C(=CC=C5C=CC(c6ccc(N(c7ccccn7)c7ccccn7)cc6)=C(C=C3)C54)C2N=C1.C1=CC2=CC3=C4C(=CC=C5C=CC(c6cccc(-c7cccnc7)c6)=C(C=C3)C54)C2N=C1.C1=CC2=CC3=C4C(=CC=C5C=CC(c6nc(-c7ccccc7)nc(-c7ccccc7)n6)=C(C=C3)C54)C2N=C1. The van der Waals surface area contributed by atoms with Crippen molar-refractivity contribution in [1.82, 2.24) is 29.9 Å². The number of anilines is 3. The Bertz CT molecular complexity index is 6120. The van der Waals surface area contributed by atoms with E-state index in [0.717, 1.165) is 39.6 Å². The average molecular weight is 1400 g/mol. The van der Waals surface area contributed by atoms with Crippen molar-refractivity contribution in [2.24, 2.45) is 32.7 Å². The maximum absolute atomic E-state index is 5.02. The normalized spacial score (nSPS) is 22.5. The van der Waals surface area contributed by atoms with E-state index in [1.54, 1.807) is 0 Å². The number of hydrogen-bond donors (Lipinski definition) is 0. The van der Waals surface area contributed by atoms with E-state index in [1.165, 1.54) is 128 Å². The van der Waals surface area contributed by atoms with Gasteiger partial charge >= 0.3 is 0 Å². The number of hydrogen-bond acceptors (Lipinski definition) is 10. The fourth-order valence-corrected chi connectivity index (χ4v) is 17.6. The lowest BCUT2D eigenvalue weighted by molar-refractivity contribution is 0.784. The molecular formula is C99H66N10. The molecule has 0 amide bonds. The highest BCUT2D eigenvalue weighted by atomic mass is 15.2. The van der Waals surface area contributed by atoms with Crippen molar-refractivity contribution in [3.63, 3.8) is 0 Å². The van der Waals surface area contributed by atoms with E-state index in [2.05, 4.69) is 220 Å². The summed E-state index contributed by atoms with van der Waals surface area (Å²) >= 11 is 0. The molecule has 23 rings (SSSR count). The van der Waals surface area contributed by atoms with Gasteiger partial charge in [-0.3, -0.25) is 24.9 Å². The molecule has 0 fully saturated rings. The van der Waals surface area contributed by atoms with Crippen LogP contribution in [0, 0.1) is 17.8 Å². The fourth-order valence-electron chi connectivity index (χ4n) is 17.6. The number of rotatable bonds is 9. The monoisotopic (exact) mass is 1390 g/mol. The van der Waals surface area contributed by atoms with E-state index in [1.807, 2.05) is 165 Å². The van der Waals surface area contributed by atoms with Crippen molar-refractivity contribution < 1.29 is 0 Å². The van der Waals surface area contributed by atoms with Crippen LogP contribution in [0.2, 0.25) is 0 Å². The summed E-state index contributed by atoms with van der Waals surface area (Å²) < 4.78 is 0. The second-order valence-corrected chi connectivity index (χ2v) is 28.6. The van der Waals surface area contributed by atoms with Crippen molar-refractivity contribution in [2.75, 3.05) is 4.90 Å². The van der Waals surface area contributed by atoms with Crippen LogP contribution in [0.15, 0.2) is 462 Å². The molecular weight excluding hydrogens is 1330 g/mol. The summed E-state index contributed by atoms with van der Waals surface area (Å²) in [4.78, 5) is 45.0. The maximum atomic E-state index is 5.02. The Morgan fingerprint density at radius 2 is 0.725 bits per heavy atom. The first kappa shape index (κ1) is 63.4. The second-order valence-electron chi connectivity index (χ2n) is 28.6. The Morgan fingerprint density at radius 1 is 0.294 bits per heavy atom. The van der Waals surface area contributed by atoms with Gasteiger partial charge in [-0.1, -0.05) is 237 Å². The van der Waals surface area contributed by atoms with Crippen LogP contribution < -0.4 is 4.90 Å². The Labute approximate surface area is 632 Å². The topological polar surface area (TPSA) is 118 Å². The number of aromatic nitrogens is 6. The largest absolute Gasteiger partial charge is 0.280 e. The van der Waals surface area contributed by atoms with Gasteiger partial charge in [0.25, 0.3) is 0 Å². The molecule has 7 heterocycles. The molecule has 10 nitrogen and oxygen atoms in total. The summed E-state index contributed by atoms with van der Waals surface area (Å²) in [5, 5.41) is 0. The van der Waals surface area contributed by atoms with Crippen molar-refractivity contribution in [1.29, 1.82) is 0 Å². The molecule has 10 heteroatoms. The Kier molecular flexibility index (Phi) is 15.4. The molecule has 0 radical (unpaired) electrons. The Morgan fingerprint density at radius 3 is 1.19 bits per heavy atom. The molecule has 512 valence electrons. The smallest absolute Gasteiger partial charge is 0.164 e. The van der Waals surface area contributed by atoms with Crippen LogP contribution in [0.4, 0.5) is 17.3 Å². The highest BCUT2D eigenvalue weighted by Gasteiger charge is 2.43. The van der Waals surface area contributed by atoms with Crippen LogP contribution in [-0.2, 0) is 0 Å². The van der Waals surface area contributed by atoms with Crippen molar-refractivity contribution in [2.45, 2.75) is 18.1 Å². The molecule has 15 aliphatic rings. The summed E-state index contributed by atoms with van der Waals surface area (Å²) in [7, 11) is 0. The van der Waals surface area contributed by atoms with Crippen LogP contribution in [0.1, 0.15) is 17.0 Å². The first-order valence-corrected chi connectivity index (χ1v) is 37.2. The molecule has 3 aliphatic heterocycles. The third-order valence-corrected chi connectivity index (χ3v) is 22.5. The van der Waals surface area contributed by atoms with Gasteiger partial charge in [0.05, 0.1) is 0 Å². The van der Waals surface area contributed by atoms with E-state index in [9.17, 15) is 0 Å². The van der Waals surface area contributed by atoms with Crippen LogP contribution in [0.25, 0.3) is 50.6 Å². The minimum absolute atomic E-state index is 0.0604. The first-order valence-electron chi connectivity index (χ1n) is 37.2. The molecule has 0 N–H and O–H groups in total. The minimum atomic E-state index is 0.0604. The molecule has 6 atom stereocenters. The van der Waals surface area contributed by atoms with Gasteiger partial charge in [0.15, 0.2) is 17.5 Å². The second kappa shape index (κ2) is 26.5. The van der Waals surface area contributed by atoms with Crippen LogP contribution in [-0.4, -0.2) is 66.7 Å². The molecule has 12 aliphatic carbocycles.